The lowest BCUT2D eigenvalue weighted by Crippen LogP contribution is -2.12. The Morgan fingerprint density at radius 1 is 1.30 bits per heavy atom. The highest BCUT2D eigenvalue weighted by Crippen LogP contribution is 2.51. The molecule has 1 aromatic carbocycles. The van der Waals surface area contributed by atoms with Crippen LogP contribution >= 0.6 is 11.6 Å². The zero-order valence-corrected chi connectivity index (χ0v) is 16.3. The molecule has 0 N–H and O–H groups in total. The van der Waals surface area contributed by atoms with Gasteiger partial charge in [-0.05, 0) is 42.7 Å². The van der Waals surface area contributed by atoms with Crippen LogP contribution in [0.3, 0.4) is 0 Å². The number of ketones is 1. The number of sulfone groups is 1. The lowest BCUT2D eigenvalue weighted by Gasteiger charge is -2.11. The standard InChI is InChI=1S/C19H18ClNO5S/c1-25-16-3-2-13(20)7-17(16)27(23,24)10-12-6-14-15(22)8-19(4-5-19)11-26-18(14)21-9-12/h2-3,6-7,9H,4-5,8,10-11H2,1H3. The van der Waals surface area contributed by atoms with E-state index in [-0.39, 0.29) is 33.5 Å². The molecule has 0 unspecified atom stereocenters. The van der Waals surface area contributed by atoms with Gasteiger partial charge in [0.25, 0.3) is 0 Å². The summed E-state index contributed by atoms with van der Waals surface area (Å²) in [5, 5.41) is 0.299. The predicted octanol–water partition coefficient (Wildman–Crippen LogP) is 3.46. The number of carbonyl (C=O) groups excluding carboxylic acids is 1. The maximum absolute atomic E-state index is 12.9. The number of hydrogen-bond donors (Lipinski definition) is 0. The maximum atomic E-state index is 12.9. The van der Waals surface area contributed by atoms with Gasteiger partial charge in [0.05, 0.1) is 25.0 Å². The minimum atomic E-state index is -3.74. The lowest BCUT2D eigenvalue weighted by atomic mass is 9.98. The fraction of sp³-hybridized carbons (Fsp3) is 0.368. The number of benzene rings is 1. The van der Waals surface area contributed by atoms with E-state index in [2.05, 4.69) is 4.98 Å². The van der Waals surface area contributed by atoms with Crippen LogP contribution in [0.15, 0.2) is 35.4 Å². The summed E-state index contributed by atoms with van der Waals surface area (Å²) in [6, 6.07) is 6.00. The van der Waals surface area contributed by atoms with Crippen LogP contribution in [0.4, 0.5) is 0 Å². The average Bonchev–Trinajstić information content (AvgIpc) is 3.41. The van der Waals surface area contributed by atoms with Crippen molar-refractivity contribution in [3.8, 4) is 11.6 Å². The van der Waals surface area contributed by atoms with E-state index in [1.54, 1.807) is 12.1 Å². The quantitative estimate of drug-likeness (QED) is 0.771. The number of aromatic nitrogens is 1. The number of halogens is 1. The summed E-state index contributed by atoms with van der Waals surface area (Å²) in [6.07, 6.45) is 3.80. The topological polar surface area (TPSA) is 82.6 Å². The summed E-state index contributed by atoms with van der Waals surface area (Å²) < 4.78 is 36.6. The van der Waals surface area contributed by atoms with Crippen molar-refractivity contribution >= 4 is 27.2 Å². The van der Waals surface area contributed by atoms with Crippen LogP contribution in [-0.2, 0) is 15.6 Å². The first-order valence-corrected chi connectivity index (χ1v) is 10.6. The monoisotopic (exact) mass is 407 g/mol. The lowest BCUT2D eigenvalue weighted by molar-refractivity contribution is 0.0954. The van der Waals surface area contributed by atoms with E-state index in [1.807, 2.05) is 0 Å². The van der Waals surface area contributed by atoms with Crippen molar-refractivity contribution in [1.82, 2.24) is 4.98 Å². The van der Waals surface area contributed by atoms with Gasteiger partial charge in [0, 0.05) is 23.1 Å². The van der Waals surface area contributed by atoms with Gasteiger partial charge >= 0.3 is 0 Å². The highest BCUT2D eigenvalue weighted by atomic mass is 35.5. The third-order valence-electron chi connectivity index (χ3n) is 5.03. The Morgan fingerprint density at radius 2 is 2.07 bits per heavy atom. The first-order chi connectivity index (χ1) is 12.8. The molecule has 0 saturated heterocycles. The largest absolute Gasteiger partial charge is 0.495 e. The Hall–Kier alpha value is -2.12. The van der Waals surface area contributed by atoms with Crippen molar-refractivity contribution in [1.29, 1.82) is 0 Å². The Morgan fingerprint density at radius 3 is 2.78 bits per heavy atom. The van der Waals surface area contributed by atoms with Crippen LogP contribution in [0.2, 0.25) is 5.02 Å². The van der Waals surface area contributed by atoms with Gasteiger partial charge < -0.3 is 9.47 Å². The molecular weight excluding hydrogens is 390 g/mol. The molecule has 1 spiro atoms. The summed E-state index contributed by atoms with van der Waals surface area (Å²) in [6.45, 7) is 0.482. The molecule has 1 aromatic heterocycles. The number of ether oxygens (including phenoxy) is 2. The summed E-state index contributed by atoms with van der Waals surface area (Å²) in [4.78, 5) is 16.8. The van der Waals surface area contributed by atoms with E-state index in [4.69, 9.17) is 21.1 Å². The van der Waals surface area contributed by atoms with Crippen molar-refractivity contribution in [3.63, 3.8) is 0 Å². The Bertz CT molecular complexity index is 1030. The fourth-order valence-electron chi connectivity index (χ4n) is 3.29. The number of fused-ring (bicyclic) bond motifs is 1. The molecule has 2 aromatic rings. The number of carbonyl (C=O) groups is 1. The molecule has 1 fully saturated rings. The number of Topliss-reactive ketones (excluding diaryl/α,β-unsaturated/α-hetero) is 1. The van der Waals surface area contributed by atoms with Gasteiger partial charge in [-0.1, -0.05) is 11.6 Å². The minimum absolute atomic E-state index is 0.00644. The van der Waals surface area contributed by atoms with Crippen molar-refractivity contribution in [2.24, 2.45) is 5.41 Å². The van der Waals surface area contributed by atoms with Crippen molar-refractivity contribution in [3.05, 3.63) is 46.6 Å². The van der Waals surface area contributed by atoms with Gasteiger partial charge in [0.2, 0.25) is 5.88 Å². The molecule has 27 heavy (non-hydrogen) atoms. The van der Waals surface area contributed by atoms with E-state index < -0.39 is 9.84 Å². The molecule has 2 aliphatic rings. The number of hydrogen-bond acceptors (Lipinski definition) is 6. The fourth-order valence-corrected chi connectivity index (χ4v) is 5.04. The third kappa shape index (κ3) is 3.53. The molecule has 1 aliphatic heterocycles. The summed E-state index contributed by atoms with van der Waals surface area (Å²) in [7, 11) is -2.35. The second-order valence-corrected chi connectivity index (χ2v) is 9.53. The summed E-state index contributed by atoms with van der Waals surface area (Å²) in [5.41, 5.74) is 0.710. The van der Waals surface area contributed by atoms with Gasteiger partial charge in [-0.15, -0.1) is 0 Å². The molecular formula is C19H18ClNO5S. The average molecular weight is 408 g/mol. The van der Waals surface area contributed by atoms with E-state index >= 15 is 0 Å². The molecule has 6 nitrogen and oxygen atoms in total. The first-order valence-electron chi connectivity index (χ1n) is 8.53. The van der Waals surface area contributed by atoms with Gasteiger partial charge in [0.15, 0.2) is 15.6 Å². The van der Waals surface area contributed by atoms with Gasteiger partial charge in [-0.2, -0.15) is 0 Å². The SMILES string of the molecule is COc1ccc(Cl)cc1S(=O)(=O)Cc1cnc2c(c1)C(=O)CC1(CC1)CO2. The van der Waals surface area contributed by atoms with Crippen LogP contribution in [0.25, 0.3) is 0 Å². The van der Waals surface area contributed by atoms with E-state index in [0.717, 1.165) is 12.8 Å². The van der Waals surface area contributed by atoms with E-state index in [9.17, 15) is 13.2 Å². The van der Waals surface area contributed by atoms with Crippen molar-refractivity contribution < 1.29 is 22.7 Å². The third-order valence-corrected chi connectivity index (χ3v) is 6.97. The molecule has 1 saturated carbocycles. The zero-order valence-electron chi connectivity index (χ0n) is 14.7. The molecule has 0 bridgehead atoms. The molecule has 4 rings (SSSR count). The molecule has 0 amide bonds. The highest BCUT2D eigenvalue weighted by molar-refractivity contribution is 7.90. The summed E-state index contributed by atoms with van der Waals surface area (Å²) >= 11 is 5.95. The second kappa shape index (κ2) is 6.49. The molecule has 0 radical (unpaired) electrons. The van der Waals surface area contributed by atoms with Gasteiger partial charge in [-0.3, -0.25) is 4.79 Å². The molecule has 142 valence electrons. The number of rotatable bonds is 4. The molecule has 2 heterocycles. The Kier molecular flexibility index (Phi) is 4.39. The Labute approximate surface area is 162 Å². The van der Waals surface area contributed by atoms with Crippen molar-refractivity contribution in [2.75, 3.05) is 13.7 Å². The normalized spacial score (nSPS) is 17.8. The van der Waals surface area contributed by atoms with Gasteiger partial charge in [-0.25, -0.2) is 13.4 Å². The van der Waals surface area contributed by atoms with Crippen LogP contribution in [0.1, 0.15) is 35.2 Å². The number of nitrogens with zero attached hydrogens (tertiary/aromatic N) is 1. The van der Waals surface area contributed by atoms with E-state index in [1.165, 1.54) is 25.4 Å². The highest BCUT2D eigenvalue weighted by Gasteiger charge is 2.47. The van der Waals surface area contributed by atoms with Crippen molar-refractivity contribution in [2.45, 2.75) is 29.9 Å². The maximum Gasteiger partial charge on any atom is 0.224 e. The number of methoxy groups -OCH3 is 1. The second-order valence-electron chi connectivity index (χ2n) is 7.14. The summed E-state index contributed by atoms with van der Waals surface area (Å²) in [5.74, 6) is 0.136. The van der Waals surface area contributed by atoms with Crippen LogP contribution in [-0.4, -0.2) is 32.9 Å². The van der Waals surface area contributed by atoms with Crippen LogP contribution in [0.5, 0.6) is 11.6 Å². The Balaban J connectivity index is 1.66. The molecule has 8 heteroatoms. The van der Waals surface area contributed by atoms with Crippen LogP contribution in [0, 0.1) is 5.41 Å². The smallest absolute Gasteiger partial charge is 0.224 e. The molecule has 0 atom stereocenters. The predicted molar refractivity (Wildman–Crippen MR) is 99.2 cm³/mol. The first kappa shape index (κ1) is 18.3. The zero-order chi connectivity index (χ0) is 19.2. The van der Waals surface area contributed by atoms with Crippen LogP contribution < -0.4 is 9.47 Å². The van der Waals surface area contributed by atoms with E-state index in [0.29, 0.717) is 29.2 Å². The number of pyridine rings is 1. The molecule has 1 aliphatic carbocycles. The van der Waals surface area contributed by atoms with Gasteiger partial charge in [0.1, 0.15) is 10.6 Å². The minimum Gasteiger partial charge on any atom is -0.495 e.